The van der Waals surface area contributed by atoms with Gasteiger partial charge >= 0.3 is 5.97 Å². The number of carboxylic acids is 1. The van der Waals surface area contributed by atoms with E-state index in [0.29, 0.717) is 12.2 Å². The number of carbonyl (C=O) groups is 1. The first-order valence-corrected chi connectivity index (χ1v) is 8.65. The maximum Gasteiger partial charge on any atom is 0.312 e. The molecule has 8 nitrogen and oxygen atoms in total. The molecule has 0 saturated carbocycles. The van der Waals surface area contributed by atoms with E-state index in [9.17, 15) is 18.3 Å². The molecule has 3 heterocycles. The highest BCUT2D eigenvalue weighted by Crippen LogP contribution is 2.42. The number of halogens is 1. The van der Waals surface area contributed by atoms with Crippen molar-refractivity contribution in [3.05, 3.63) is 10.8 Å². The van der Waals surface area contributed by atoms with Crippen LogP contribution in [-0.4, -0.2) is 59.8 Å². The molecule has 2 aliphatic rings. The minimum atomic E-state index is -3.87. The molecule has 1 aromatic rings. The van der Waals surface area contributed by atoms with Gasteiger partial charge in [-0.05, 0) is 6.92 Å². The Labute approximate surface area is 133 Å². The van der Waals surface area contributed by atoms with E-state index >= 15 is 0 Å². The molecule has 2 N–H and O–H groups in total. The first-order chi connectivity index (χ1) is 10.2. The summed E-state index contributed by atoms with van der Waals surface area (Å²) >= 11 is 6.06. The van der Waals surface area contributed by atoms with Gasteiger partial charge in [0.25, 0.3) is 0 Å². The Bertz CT molecular complexity index is 747. The molecule has 2 fully saturated rings. The summed E-state index contributed by atoms with van der Waals surface area (Å²) in [4.78, 5) is 11.6. The van der Waals surface area contributed by atoms with Crippen molar-refractivity contribution in [3.8, 4) is 0 Å². The molecule has 0 spiro atoms. The summed E-state index contributed by atoms with van der Waals surface area (Å²) in [5, 5.41) is 16.6. The Hall–Kier alpha value is -1.16. The van der Waals surface area contributed by atoms with Crippen LogP contribution in [0.4, 0.5) is 0 Å². The summed E-state index contributed by atoms with van der Waals surface area (Å²) in [5.74, 6) is -1.20. The van der Waals surface area contributed by atoms with Crippen molar-refractivity contribution in [1.82, 2.24) is 19.4 Å². The van der Waals surface area contributed by atoms with E-state index < -0.39 is 21.4 Å². The van der Waals surface area contributed by atoms with E-state index in [2.05, 4.69) is 10.4 Å². The number of fused-ring (bicyclic) bond motifs is 1. The zero-order valence-electron chi connectivity index (χ0n) is 12.2. The van der Waals surface area contributed by atoms with Crippen LogP contribution in [-0.2, 0) is 21.9 Å². The molecule has 0 bridgehead atoms. The van der Waals surface area contributed by atoms with Gasteiger partial charge in [-0.25, -0.2) is 8.42 Å². The Morgan fingerprint density at radius 3 is 2.73 bits per heavy atom. The third-order valence-electron chi connectivity index (χ3n) is 4.62. The molecule has 1 aromatic heterocycles. The van der Waals surface area contributed by atoms with Crippen LogP contribution in [0.3, 0.4) is 0 Å². The maximum absolute atomic E-state index is 12.9. The van der Waals surface area contributed by atoms with Gasteiger partial charge in [0.1, 0.15) is 10.0 Å². The van der Waals surface area contributed by atoms with Crippen molar-refractivity contribution in [3.63, 3.8) is 0 Å². The van der Waals surface area contributed by atoms with Crippen LogP contribution in [0.1, 0.15) is 5.69 Å². The molecular weight excluding hydrogens is 332 g/mol. The number of aryl methyl sites for hydroxylation is 2. The van der Waals surface area contributed by atoms with Gasteiger partial charge in [-0.3, -0.25) is 9.48 Å². The number of hydrogen-bond acceptors (Lipinski definition) is 5. The van der Waals surface area contributed by atoms with Gasteiger partial charge in [0.05, 0.1) is 11.1 Å². The largest absolute Gasteiger partial charge is 0.481 e. The topological polar surface area (TPSA) is 105 Å². The molecule has 0 unspecified atom stereocenters. The fourth-order valence-electron chi connectivity index (χ4n) is 3.39. The van der Waals surface area contributed by atoms with Crippen molar-refractivity contribution in [1.29, 1.82) is 0 Å². The molecule has 2 atom stereocenters. The SMILES string of the molecule is Cc1nn(C)c(Cl)c1S(=O)(=O)N1C[C@H]2CNC[C@@]2(C(=O)O)C1. The predicted octanol–water partition coefficient (Wildman–Crippen LogP) is -0.323. The third kappa shape index (κ3) is 1.99. The standard InChI is InChI=1S/C12H17ClN4O4S/c1-7-9(10(13)16(2)15-7)22(20,21)17-4-8-3-14-5-12(8,6-17)11(18)19/h8,14H,3-6H2,1-2H3,(H,18,19)/t8-,12-/m1/s1. The van der Waals surface area contributed by atoms with Gasteiger partial charge in [-0.2, -0.15) is 9.40 Å². The number of hydrogen-bond donors (Lipinski definition) is 2. The molecule has 0 amide bonds. The number of sulfonamides is 1. The zero-order valence-corrected chi connectivity index (χ0v) is 13.8. The van der Waals surface area contributed by atoms with Crippen LogP contribution in [0.5, 0.6) is 0 Å². The molecule has 0 aliphatic carbocycles. The summed E-state index contributed by atoms with van der Waals surface area (Å²) in [6.07, 6.45) is 0. The highest BCUT2D eigenvalue weighted by Gasteiger charge is 2.58. The molecule has 2 saturated heterocycles. The van der Waals surface area contributed by atoms with E-state index in [0.717, 1.165) is 0 Å². The Morgan fingerprint density at radius 1 is 1.55 bits per heavy atom. The van der Waals surface area contributed by atoms with Gasteiger partial charge in [0.2, 0.25) is 10.0 Å². The summed E-state index contributed by atoms with van der Waals surface area (Å²) < 4.78 is 28.2. The van der Waals surface area contributed by atoms with E-state index in [1.807, 2.05) is 0 Å². The van der Waals surface area contributed by atoms with E-state index in [1.165, 1.54) is 8.99 Å². The van der Waals surface area contributed by atoms with Crippen molar-refractivity contribution in [2.24, 2.45) is 18.4 Å². The average Bonchev–Trinajstić information content (AvgIpc) is 3.01. The second-order valence-electron chi connectivity index (χ2n) is 5.92. The Morgan fingerprint density at radius 2 is 2.23 bits per heavy atom. The molecule has 10 heteroatoms. The van der Waals surface area contributed by atoms with Crippen LogP contribution in [0.25, 0.3) is 0 Å². The number of rotatable bonds is 3. The average molecular weight is 349 g/mol. The van der Waals surface area contributed by atoms with Gasteiger partial charge in [-0.15, -0.1) is 0 Å². The molecule has 0 aromatic carbocycles. The number of carboxylic acid groups (broad SMARTS) is 1. The van der Waals surface area contributed by atoms with Gasteiger partial charge in [-0.1, -0.05) is 11.6 Å². The highest BCUT2D eigenvalue weighted by atomic mass is 35.5. The smallest absolute Gasteiger partial charge is 0.312 e. The Balaban J connectivity index is 2.00. The van der Waals surface area contributed by atoms with Crippen LogP contribution in [0.15, 0.2) is 4.90 Å². The van der Waals surface area contributed by atoms with Gasteiger partial charge in [0.15, 0.2) is 0 Å². The molecule has 122 valence electrons. The second-order valence-corrected chi connectivity index (χ2v) is 8.15. The molecule has 3 rings (SSSR count). The van der Waals surface area contributed by atoms with Crippen molar-refractivity contribution < 1.29 is 18.3 Å². The van der Waals surface area contributed by atoms with Crippen LogP contribution >= 0.6 is 11.6 Å². The lowest BCUT2D eigenvalue weighted by Crippen LogP contribution is -2.41. The van der Waals surface area contributed by atoms with Crippen LogP contribution in [0.2, 0.25) is 5.15 Å². The van der Waals surface area contributed by atoms with E-state index in [1.54, 1.807) is 14.0 Å². The summed E-state index contributed by atoms with van der Waals surface area (Å²) in [6.45, 7) is 2.47. The first-order valence-electron chi connectivity index (χ1n) is 6.83. The predicted molar refractivity (Wildman–Crippen MR) is 78.1 cm³/mol. The normalized spacial score (nSPS) is 29.0. The molecule has 0 radical (unpaired) electrons. The summed E-state index contributed by atoms with van der Waals surface area (Å²) in [6, 6.07) is 0. The third-order valence-corrected chi connectivity index (χ3v) is 7.13. The monoisotopic (exact) mass is 348 g/mol. The van der Waals surface area contributed by atoms with E-state index in [4.69, 9.17) is 11.6 Å². The lowest BCUT2D eigenvalue weighted by Gasteiger charge is -2.22. The fraction of sp³-hybridized carbons (Fsp3) is 0.667. The van der Waals surface area contributed by atoms with Crippen molar-refractivity contribution in [2.75, 3.05) is 26.2 Å². The minimum absolute atomic E-state index is 0.0369. The van der Waals surface area contributed by atoms with Gasteiger partial charge < -0.3 is 10.4 Å². The maximum atomic E-state index is 12.9. The van der Waals surface area contributed by atoms with Crippen molar-refractivity contribution >= 4 is 27.6 Å². The fourth-order valence-corrected chi connectivity index (χ4v) is 5.65. The number of nitrogens with zero attached hydrogens (tertiary/aromatic N) is 3. The molecular formula is C12H17ClN4O4S. The Kier molecular flexibility index (Phi) is 3.52. The first kappa shape index (κ1) is 15.7. The summed E-state index contributed by atoms with van der Waals surface area (Å²) in [7, 11) is -2.30. The lowest BCUT2D eigenvalue weighted by atomic mass is 9.81. The number of nitrogens with one attached hydrogen (secondary N) is 1. The van der Waals surface area contributed by atoms with Crippen molar-refractivity contribution in [2.45, 2.75) is 11.8 Å². The van der Waals surface area contributed by atoms with Crippen LogP contribution in [0, 0.1) is 18.3 Å². The molecule has 2 aliphatic heterocycles. The second kappa shape index (κ2) is 4.92. The van der Waals surface area contributed by atoms with E-state index in [-0.39, 0.29) is 35.6 Å². The quantitative estimate of drug-likeness (QED) is 0.775. The number of aliphatic carboxylic acids is 1. The summed E-state index contributed by atoms with van der Waals surface area (Å²) in [5.41, 5.74) is -0.748. The van der Waals surface area contributed by atoms with Gasteiger partial charge in [0, 0.05) is 39.1 Å². The number of aromatic nitrogens is 2. The van der Waals surface area contributed by atoms with Crippen LogP contribution < -0.4 is 5.32 Å². The minimum Gasteiger partial charge on any atom is -0.481 e. The lowest BCUT2D eigenvalue weighted by molar-refractivity contribution is -0.148. The zero-order chi connectivity index (χ0) is 16.3. The molecule has 22 heavy (non-hydrogen) atoms. The highest BCUT2D eigenvalue weighted by molar-refractivity contribution is 7.89.